The fourth-order valence-corrected chi connectivity index (χ4v) is 0. The van der Waals surface area contributed by atoms with Crippen LogP contribution in [0.25, 0.3) is 0 Å². The van der Waals surface area contributed by atoms with E-state index >= 15 is 0 Å². The van der Waals surface area contributed by atoms with Gasteiger partial charge in [-0.25, -0.2) is 5.43 Å². The third-order valence-corrected chi connectivity index (χ3v) is 0.616. The average molecular weight is 117 g/mol. The van der Waals surface area contributed by atoms with Crippen molar-refractivity contribution in [1.29, 1.82) is 0 Å². The Balaban J connectivity index is 0.000000135. The molecule has 0 radical (unpaired) electrons. The second-order valence-electron chi connectivity index (χ2n) is 2.02. The maximum atomic E-state index is 5.06. The Bertz CT molecular complexity index is 40.2. The van der Waals surface area contributed by atoms with Crippen LogP contribution < -0.4 is 17.0 Å². The zero-order chi connectivity index (χ0) is 6.41. The molecule has 0 aliphatic heterocycles. The van der Waals surface area contributed by atoms with Crippen LogP contribution in [0.1, 0.15) is 26.2 Å². The molecule has 1 aliphatic carbocycles. The molecule has 0 heterocycles. The molecule has 1 rings (SSSR count). The van der Waals surface area contributed by atoms with Crippen molar-refractivity contribution in [2.45, 2.75) is 32.4 Å². The van der Waals surface area contributed by atoms with E-state index in [4.69, 9.17) is 11.6 Å². The first kappa shape index (κ1) is 7.88. The van der Waals surface area contributed by atoms with Crippen molar-refractivity contribution in [3.05, 3.63) is 0 Å². The van der Waals surface area contributed by atoms with Crippen LogP contribution in [-0.2, 0) is 0 Å². The van der Waals surface area contributed by atoms with Gasteiger partial charge in [0.05, 0.1) is 6.17 Å². The van der Waals surface area contributed by atoms with Gasteiger partial charge in [0.25, 0.3) is 0 Å². The van der Waals surface area contributed by atoms with E-state index in [1.54, 1.807) is 6.92 Å². The van der Waals surface area contributed by atoms with Gasteiger partial charge in [0, 0.05) is 0 Å². The minimum atomic E-state index is -0.0880. The first-order valence-electron chi connectivity index (χ1n) is 2.99. The van der Waals surface area contributed by atoms with Crippen LogP contribution in [0.5, 0.6) is 0 Å². The van der Waals surface area contributed by atoms with Crippen LogP contribution in [0.3, 0.4) is 0 Å². The summed E-state index contributed by atoms with van der Waals surface area (Å²) in [5, 5.41) is 0. The Morgan fingerprint density at radius 1 is 1.38 bits per heavy atom. The van der Waals surface area contributed by atoms with Gasteiger partial charge in [-0.2, -0.15) is 0 Å². The van der Waals surface area contributed by atoms with Gasteiger partial charge in [-0.1, -0.05) is 19.3 Å². The van der Waals surface area contributed by atoms with Crippen LogP contribution in [-0.4, -0.2) is 6.17 Å². The summed E-state index contributed by atoms with van der Waals surface area (Å²) in [6.07, 6.45) is 4.41. The molecule has 0 saturated heterocycles. The zero-order valence-electron chi connectivity index (χ0n) is 5.35. The van der Waals surface area contributed by atoms with E-state index in [1.165, 1.54) is 19.3 Å². The highest BCUT2D eigenvalue weighted by molar-refractivity contribution is 4.50. The molecule has 1 aliphatic rings. The maximum absolute atomic E-state index is 5.06. The highest BCUT2D eigenvalue weighted by Gasteiger charge is 1.95. The fourth-order valence-electron chi connectivity index (χ4n) is 0. The fraction of sp³-hybridized carbons (Fsp3) is 1.00. The van der Waals surface area contributed by atoms with Gasteiger partial charge in [0.2, 0.25) is 0 Å². The molecule has 1 saturated carbocycles. The largest absolute Gasteiger partial charge is 0.315 e. The molecule has 1 unspecified atom stereocenters. The van der Waals surface area contributed by atoms with Crippen molar-refractivity contribution >= 4 is 0 Å². The first-order chi connectivity index (χ1) is 3.77. The Morgan fingerprint density at radius 2 is 1.62 bits per heavy atom. The molecule has 0 aromatic carbocycles. The molecule has 3 heteroatoms. The normalized spacial score (nSPS) is 18.4. The molecule has 1 atom stereocenters. The molecular formula is C5H15N3. The van der Waals surface area contributed by atoms with Crippen molar-refractivity contribution < 1.29 is 0 Å². The molecule has 3 nitrogen and oxygen atoms in total. The summed E-state index contributed by atoms with van der Waals surface area (Å²) in [7, 11) is 0. The van der Waals surface area contributed by atoms with Gasteiger partial charge in [-0.05, 0) is 6.92 Å². The van der Waals surface area contributed by atoms with Crippen molar-refractivity contribution in [3.8, 4) is 0 Å². The van der Waals surface area contributed by atoms with E-state index in [1.807, 2.05) is 0 Å². The molecule has 8 heavy (non-hydrogen) atoms. The van der Waals surface area contributed by atoms with Gasteiger partial charge >= 0.3 is 0 Å². The van der Waals surface area contributed by atoms with Crippen LogP contribution in [0, 0.1) is 0 Å². The number of hydrogen-bond acceptors (Lipinski definition) is 3. The van der Waals surface area contributed by atoms with E-state index in [-0.39, 0.29) is 6.17 Å². The summed E-state index contributed by atoms with van der Waals surface area (Å²) in [5.74, 6) is 4.80. The Labute approximate surface area is 50.4 Å². The molecule has 0 amide bonds. The highest BCUT2D eigenvalue weighted by atomic mass is 15.3. The van der Waals surface area contributed by atoms with Gasteiger partial charge in [0.15, 0.2) is 0 Å². The lowest BCUT2D eigenvalue weighted by Crippen LogP contribution is -2.39. The lowest BCUT2D eigenvalue weighted by atomic mass is 10.7. The summed E-state index contributed by atoms with van der Waals surface area (Å²) < 4.78 is 0. The minimum absolute atomic E-state index is 0.0880. The molecule has 5 N–H and O–H groups in total. The predicted molar refractivity (Wildman–Crippen MR) is 34.8 cm³/mol. The van der Waals surface area contributed by atoms with Crippen LogP contribution >= 0.6 is 0 Å². The molecule has 0 spiro atoms. The minimum Gasteiger partial charge on any atom is -0.315 e. The van der Waals surface area contributed by atoms with Gasteiger partial charge in [0.1, 0.15) is 0 Å². The van der Waals surface area contributed by atoms with Crippen molar-refractivity contribution in [1.82, 2.24) is 5.43 Å². The van der Waals surface area contributed by atoms with Crippen molar-refractivity contribution in [2.75, 3.05) is 0 Å². The number of nitrogens with one attached hydrogen (secondary N) is 1. The van der Waals surface area contributed by atoms with E-state index in [2.05, 4.69) is 5.43 Å². The Hall–Kier alpha value is -0.120. The van der Waals surface area contributed by atoms with Crippen LogP contribution in [0.2, 0.25) is 0 Å². The number of rotatable bonds is 1. The number of nitrogens with two attached hydrogens (primary N) is 2. The third-order valence-electron chi connectivity index (χ3n) is 0.616. The van der Waals surface area contributed by atoms with Crippen LogP contribution in [0.15, 0.2) is 0 Å². The second kappa shape index (κ2) is 5.03. The van der Waals surface area contributed by atoms with Gasteiger partial charge in [-0.15, -0.1) is 0 Å². The van der Waals surface area contributed by atoms with Crippen molar-refractivity contribution in [2.24, 2.45) is 11.6 Å². The lowest BCUT2D eigenvalue weighted by molar-refractivity contribution is 0.593. The Kier molecular flexibility index (Phi) is 4.95. The Morgan fingerprint density at radius 3 is 1.62 bits per heavy atom. The summed E-state index contributed by atoms with van der Waals surface area (Å²) >= 11 is 0. The molecule has 1 fully saturated rings. The monoisotopic (exact) mass is 117 g/mol. The lowest BCUT2D eigenvalue weighted by Gasteiger charge is -1.96. The zero-order valence-corrected chi connectivity index (χ0v) is 5.35. The maximum Gasteiger partial charge on any atom is 0.0648 e. The van der Waals surface area contributed by atoms with Gasteiger partial charge in [-0.3, -0.25) is 5.84 Å². The topological polar surface area (TPSA) is 64.1 Å². The summed E-state index contributed by atoms with van der Waals surface area (Å²) in [5.41, 5.74) is 7.36. The highest BCUT2D eigenvalue weighted by Crippen LogP contribution is 2.14. The summed E-state index contributed by atoms with van der Waals surface area (Å²) in [6, 6.07) is 0. The first-order valence-corrected chi connectivity index (χ1v) is 2.99. The molecular weight excluding hydrogens is 102 g/mol. The van der Waals surface area contributed by atoms with E-state index in [9.17, 15) is 0 Å². The van der Waals surface area contributed by atoms with E-state index in [0.717, 1.165) is 0 Å². The molecule has 0 aromatic heterocycles. The molecule has 0 bridgehead atoms. The summed E-state index contributed by atoms with van der Waals surface area (Å²) in [6.45, 7) is 1.76. The smallest absolute Gasteiger partial charge is 0.0648 e. The molecule has 0 aromatic rings. The van der Waals surface area contributed by atoms with Crippen molar-refractivity contribution in [3.63, 3.8) is 0 Å². The molecule has 50 valence electrons. The SMILES string of the molecule is C1CC1.CC(N)NN. The van der Waals surface area contributed by atoms with Gasteiger partial charge < -0.3 is 5.73 Å². The van der Waals surface area contributed by atoms with E-state index in [0.29, 0.717) is 0 Å². The van der Waals surface area contributed by atoms with E-state index < -0.39 is 0 Å². The quantitative estimate of drug-likeness (QED) is 0.256. The predicted octanol–water partition coefficient (Wildman–Crippen LogP) is -0.0753. The number of hydrazine groups is 1. The number of hydrogen-bond donors (Lipinski definition) is 3. The second-order valence-corrected chi connectivity index (χ2v) is 2.02. The third kappa shape index (κ3) is 16.9. The average Bonchev–Trinajstić information content (AvgIpc) is 2.48. The standard InChI is InChI=1S/C3H6.C2H9N3/c1-2-3-1;1-2(3)5-4/h1-3H2;2,5H,3-4H2,1H3. The summed E-state index contributed by atoms with van der Waals surface area (Å²) in [4.78, 5) is 0. The van der Waals surface area contributed by atoms with Crippen LogP contribution in [0.4, 0.5) is 0 Å².